The van der Waals surface area contributed by atoms with Crippen molar-refractivity contribution < 1.29 is 14.3 Å². The summed E-state index contributed by atoms with van der Waals surface area (Å²) in [6.07, 6.45) is 0. The van der Waals surface area contributed by atoms with Gasteiger partial charge >= 0.3 is 0 Å². The maximum atomic E-state index is 12.2. The van der Waals surface area contributed by atoms with Crippen LogP contribution in [0.15, 0.2) is 42.5 Å². The molecule has 0 atom stereocenters. The van der Waals surface area contributed by atoms with Crippen molar-refractivity contribution in [3.05, 3.63) is 58.6 Å². The van der Waals surface area contributed by atoms with Crippen LogP contribution >= 0.6 is 11.6 Å². The molecular weight excluding hydrogens is 314 g/mol. The van der Waals surface area contributed by atoms with Crippen molar-refractivity contribution in [1.82, 2.24) is 4.90 Å². The minimum atomic E-state index is -0.132. The molecule has 2 aromatic rings. The van der Waals surface area contributed by atoms with Gasteiger partial charge in [0.25, 0.3) is 5.91 Å². The van der Waals surface area contributed by atoms with E-state index in [1.54, 1.807) is 25.1 Å². The van der Waals surface area contributed by atoms with Crippen LogP contribution in [0.3, 0.4) is 0 Å². The maximum Gasteiger partial charge on any atom is 0.260 e. The predicted molar refractivity (Wildman–Crippen MR) is 91.2 cm³/mol. The second-order valence-corrected chi connectivity index (χ2v) is 5.69. The molecule has 0 aliphatic rings. The summed E-state index contributed by atoms with van der Waals surface area (Å²) >= 11 is 6.11. The fourth-order valence-electron chi connectivity index (χ4n) is 2.11. The zero-order valence-corrected chi connectivity index (χ0v) is 14.3. The van der Waals surface area contributed by atoms with E-state index in [1.807, 2.05) is 43.3 Å². The van der Waals surface area contributed by atoms with Crippen LogP contribution in [0.5, 0.6) is 11.5 Å². The van der Waals surface area contributed by atoms with Crippen LogP contribution in [0.1, 0.15) is 11.1 Å². The Bertz CT molecular complexity index is 688. The van der Waals surface area contributed by atoms with Crippen molar-refractivity contribution >= 4 is 17.5 Å². The van der Waals surface area contributed by atoms with E-state index in [4.69, 9.17) is 21.1 Å². The van der Waals surface area contributed by atoms with Gasteiger partial charge in [-0.15, -0.1) is 0 Å². The average Bonchev–Trinajstić information content (AvgIpc) is 2.55. The van der Waals surface area contributed by atoms with Crippen LogP contribution in [-0.2, 0) is 11.3 Å². The summed E-state index contributed by atoms with van der Waals surface area (Å²) in [4.78, 5) is 13.8. The molecular formula is C18H20ClNO3. The fourth-order valence-corrected chi connectivity index (χ4v) is 2.31. The maximum absolute atomic E-state index is 12.2. The molecule has 0 saturated heterocycles. The number of amides is 1. The van der Waals surface area contributed by atoms with Crippen LogP contribution in [0, 0.1) is 6.92 Å². The van der Waals surface area contributed by atoms with E-state index in [9.17, 15) is 4.79 Å². The topological polar surface area (TPSA) is 38.8 Å². The predicted octanol–water partition coefficient (Wildman–Crippen LogP) is 3.69. The molecule has 0 unspecified atom stereocenters. The van der Waals surface area contributed by atoms with E-state index in [1.165, 1.54) is 0 Å². The van der Waals surface area contributed by atoms with Gasteiger partial charge in [0.05, 0.1) is 7.11 Å². The van der Waals surface area contributed by atoms with Crippen LogP contribution in [0.4, 0.5) is 0 Å². The van der Waals surface area contributed by atoms with E-state index in [0.717, 1.165) is 11.1 Å². The van der Waals surface area contributed by atoms with E-state index in [0.29, 0.717) is 23.1 Å². The lowest BCUT2D eigenvalue weighted by Gasteiger charge is -2.19. The Morgan fingerprint density at radius 1 is 1.17 bits per heavy atom. The van der Waals surface area contributed by atoms with Crippen molar-refractivity contribution in [1.29, 1.82) is 0 Å². The summed E-state index contributed by atoms with van der Waals surface area (Å²) in [5.41, 5.74) is 1.97. The number of nitrogens with zero attached hydrogens (tertiary/aromatic N) is 1. The minimum Gasteiger partial charge on any atom is -0.493 e. The highest BCUT2D eigenvalue weighted by Crippen LogP contribution is 2.27. The quantitative estimate of drug-likeness (QED) is 0.809. The number of hydrogen-bond acceptors (Lipinski definition) is 3. The SMILES string of the molecule is COc1cc(C)ccc1OCC(=O)N(C)Cc1ccccc1Cl. The van der Waals surface area contributed by atoms with Gasteiger partial charge in [0.15, 0.2) is 18.1 Å². The first-order chi connectivity index (χ1) is 11.0. The molecule has 0 radical (unpaired) electrons. The number of benzene rings is 2. The fraction of sp³-hybridized carbons (Fsp3) is 0.278. The Morgan fingerprint density at radius 3 is 2.61 bits per heavy atom. The van der Waals surface area contributed by atoms with Gasteiger partial charge in [0.1, 0.15) is 0 Å². The number of carbonyl (C=O) groups excluding carboxylic acids is 1. The van der Waals surface area contributed by atoms with E-state index in [2.05, 4.69) is 0 Å². The molecule has 0 heterocycles. The number of halogens is 1. The van der Waals surface area contributed by atoms with Crippen molar-refractivity contribution in [2.45, 2.75) is 13.5 Å². The molecule has 0 saturated carbocycles. The molecule has 0 aliphatic carbocycles. The summed E-state index contributed by atoms with van der Waals surface area (Å²) in [5.74, 6) is 1.04. The third kappa shape index (κ3) is 4.63. The number of hydrogen-bond donors (Lipinski definition) is 0. The van der Waals surface area contributed by atoms with Gasteiger partial charge < -0.3 is 14.4 Å². The normalized spacial score (nSPS) is 10.3. The molecule has 0 bridgehead atoms. The standard InChI is InChI=1S/C18H20ClNO3/c1-13-8-9-16(17(10-13)22-3)23-12-18(21)20(2)11-14-6-4-5-7-15(14)19/h4-10H,11-12H2,1-3H3. The summed E-state index contributed by atoms with van der Waals surface area (Å²) in [6, 6.07) is 13.0. The first-order valence-electron chi connectivity index (χ1n) is 7.26. The summed E-state index contributed by atoms with van der Waals surface area (Å²) < 4.78 is 10.8. The zero-order valence-electron chi connectivity index (χ0n) is 13.5. The first-order valence-corrected chi connectivity index (χ1v) is 7.64. The highest BCUT2D eigenvalue weighted by Gasteiger charge is 2.13. The Hall–Kier alpha value is -2.20. The highest BCUT2D eigenvalue weighted by molar-refractivity contribution is 6.31. The first kappa shape index (κ1) is 17.2. The molecule has 5 heteroatoms. The lowest BCUT2D eigenvalue weighted by molar-refractivity contribution is -0.132. The Balaban J connectivity index is 1.95. The lowest BCUT2D eigenvalue weighted by atomic mass is 10.2. The number of rotatable bonds is 6. The second kappa shape index (κ2) is 7.88. The van der Waals surface area contributed by atoms with Crippen LogP contribution < -0.4 is 9.47 Å². The zero-order chi connectivity index (χ0) is 16.8. The van der Waals surface area contributed by atoms with Gasteiger partial charge in [-0.2, -0.15) is 0 Å². The largest absolute Gasteiger partial charge is 0.493 e. The Labute approximate surface area is 141 Å². The molecule has 23 heavy (non-hydrogen) atoms. The van der Waals surface area contributed by atoms with Crippen molar-refractivity contribution in [3.8, 4) is 11.5 Å². The second-order valence-electron chi connectivity index (χ2n) is 5.28. The lowest BCUT2D eigenvalue weighted by Crippen LogP contribution is -2.31. The molecule has 0 aliphatic heterocycles. The number of carbonyl (C=O) groups is 1. The monoisotopic (exact) mass is 333 g/mol. The van der Waals surface area contributed by atoms with Crippen molar-refractivity contribution in [3.63, 3.8) is 0 Å². The summed E-state index contributed by atoms with van der Waals surface area (Å²) in [5, 5.41) is 0.647. The highest BCUT2D eigenvalue weighted by atomic mass is 35.5. The van der Waals surface area contributed by atoms with Crippen molar-refractivity contribution in [2.24, 2.45) is 0 Å². The van der Waals surface area contributed by atoms with E-state index >= 15 is 0 Å². The minimum absolute atomic E-state index is 0.0552. The molecule has 0 N–H and O–H groups in total. The third-order valence-corrected chi connectivity index (χ3v) is 3.83. The third-order valence-electron chi connectivity index (χ3n) is 3.46. The Kier molecular flexibility index (Phi) is 5.88. The molecule has 4 nitrogen and oxygen atoms in total. The molecule has 1 amide bonds. The van der Waals surface area contributed by atoms with E-state index in [-0.39, 0.29) is 12.5 Å². The number of likely N-dealkylation sites (N-methyl/N-ethyl adjacent to an activating group) is 1. The Morgan fingerprint density at radius 2 is 1.91 bits per heavy atom. The van der Waals surface area contributed by atoms with Gasteiger partial charge in [-0.1, -0.05) is 35.9 Å². The number of aryl methyl sites for hydroxylation is 1. The van der Waals surface area contributed by atoms with Gasteiger partial charge in [0.2, 0.25) is 0 Å². The molecule has 0 spiro atoms. The summed E-state index contributed by atoms with van der Waals surface area (Å²) in [6.45, 7) is 2.35. The molecule has 2 aromatic carbocycles. The van der Waals surface area contributed by atoms with Gasteiger partial charge in [-0.3, -0.25) is 4.79 Å². The smallest absolute Gasteiger partial charge is 0.260 e. The molecule has 122 valence electrons. The van der Waals surface area contributed by atoms with Crippen LogP contribution in [0.2, 0.25) is 5.02 Å². The van der Waals surface area contributed by atoms with Gasteiger partial charge in [-0.25, -0.2) is 0 Å². The van der Waals surface area contributed by atoms with Crippen LogP contribution in [0.25, 0.3) is 0 Å². The molecule has 0 fully saturated rings. The number of ether oxygens (including phenoxy) is 2. The van der Waals surface area contributed by atoms with Crippen LogP contribution in [-0.4, -0.2) is 31.6 Å². The van der Waals surface area contributed by atoms with Gasteiger partial charge in [-0.05, 0) is 36.2 Å². The molecule has 0 aromatic heterocycles. The summed E-state index contributed by atoms with van der Waals surface area (Å²) in [7, 11) is 3.30. The average molecular weight is 334 g/mol. The van der Waals surface area contributed by atoms with Gasteiger partial charge in [0, 0.05) is 18.6 Å². The molecule has 2 rings (SSSR count). The van der Waals surface area contributed by atoms with Crippen molar-refractivity contribution in [2.75, 3.05) is 20.8 Å². The number of methoxy groups -OCH3 is 1. The van der Waals surface area contributed by atoms with E-state index < -0.39 is 0 Å².